The number of ether oxygens (including phenoxy) is 1. The second-order valence-corrected chi connectivity index (χ2v) is 4.65. The maximum Gasteiger partial charge on any atom is 0.177 e. The molecular weight excluding hydrogens is 244 g/mol. The van der Waals surface area contributed by atoms with Crippen molar-refractivity contribution < 1.29 is 9.84 Å². The smallest absolute Gasteiger partial charge is 0.177 e. The zero-order valence-electron chi connectivity index (χ0n) is 11.3. The van der Waals surface area contributed by atoms with Crippen molar-refractivity contribution in [3.8, 4) is 5.75 Å². The molecule has 0 spiro atoms. The van der Waals surface area contributed by atoms with E-state index in [4.69, 9.17) is 4.74 Å². The number of rotatable bonds is 5. The van der Waals surface area contributed by atoms with Gasteiger partial charge in [0.15, 0.2) is 5.82 Å². The second-order valence-electron chi connectivity index (χ2n) is 4.65. The molecule has 1 heterocycles. The van der Waals surface area contributed by atoms with Gasteiger partial charge in [-0.1, -0.05) is 12.1 Å². The Morgan fingerprint density at radius 2 is 1.95 bits per heavy atom. The Morgan fingerprint density at radius 3 is 2.47 bits per heavy atom. The average molecular weight is 262 g/mol. The first-order valence-electron chi connectivity index (χ1n) is 6.22. The van der Waals surface area contributed by atoms with E-state index in [0.29, 0.717) is 12.2 Å². The highest BCUT2D eigenvalue weighted by Crippen LogP contribution is 2.20. The summed E-state index contributed by atoms with van der Waals surface area (Å²) in [6.45, 7) is 3.95. The molecule has 0 saturated carbocycles. The van der Waals surface area contributed by atoms with E-state index in [2.05, 4.69) is 15.4 Å². The monoisotopic (exact) mass is 262 g/mol. The van der Waals surface area contributed by atoms with Gasteiger partial charge in [0.1, 0.15) is 5.75 Å². The zero-order valence-corrected chi connectivity index (χ0v) is 11.3. The van der Waals surface area contributed by atoms with Crippen LogP contribution in [0.1, 0.15) is 31.3 Å². The number of aryl methyl sites for hydroxylation is 1. The number of benzene rings is 1. The van der Waals surface area contributed by atoms with Gasteiger partial charge in [-0.3, -0.25) is 0 Å². The van der Waals surface area contributed by atoms with Gasteiger partial charge in [0, 0.05) is 6.42 Å². The predicted octanol–water partition coefficient (Wildman–Crippen LogP) is 1.27. The molecule has 2 rings (SSSR count). The second kappa shape index (κ2) is 5.79. The van der Waals surface area contributed by atoms with Crippen molar-refractivity contribution >= 4 is 0 Å². The molecule has 1 atom stereocenters. The molecule has 1 unspecified atom stereocenters. The molecule has 0 bridgehead atoms. The number of aliphatic hydroxyl groups is 1. The van der Waals surface area contributed by atoms with Crippen LogP contribution in [0.25, 0.3) is 0 Å². The Morgan fingerprint density at radius 1 is 1.26 bits per heavy atom. The van der Waals surface area contributed by atoms with Crippen LogP contribution in [-0.4, -0.2) is 31.4 Å². The van der Waals surface area contributed by atoms with Crippen molar-refractivity contribution in [1.29, 1.82) is 0 Å². The van der Waals surface area contributed by atoms with E-state index < -0.39 is 6.10 Å². The lowest BCUT2D eigenvalue weighted by Crippen LogP contribution is -2.06. The fourth-order valence-electron chi connectivity index (χ4n) is 1.74. The molecule has 0 amide bonds. The molecule has 1 aromatic carbocycles. The summed E-state index contributed by atoms with van der Waals surface area (Å²) in [6.07, 6.45) is -0.157. The quantitative estimate of drug-likeness (QED) is 0.878. The van der Waals surface area contributed by atoms with E-state index >= 15 is 0 Å². The van der Waals surface area contributed by atoms with Crippen LogP contribution in [0.4, 0.5) is 0 Å². The van der Waals surface area contributed by atoms with E-state index in [9.17, 15) is 5.11 Å². The van der Waals surface area contributed by atoms with Crippen molar-refractivity contribution in [2.75, 3.05) is 0 Å². The van der Waals surface area contributed by atoms with Crippen LogP contribution in [0.3, 0.4) is 0 Å². The third-order valence-electron chi connectivity index (χ3n) is 2.56. The highest BCUT2D eigenvalue weighted by atomic mass is 16.5. The summed E-state index contributed by atoms with van der Waals surface area (Å²) in [5, 5.41) is 21.7. The molecule has 0 saturated heterocycles. The van der Waals surface area contributed by atoms with Crippen molar-refractivity contribution in [1.82, 2.24) is 20.2 Å². The van der Waals surface area contributed by atoms with E-state index in [1.54, 1.807) is 7.05 Å². The van der Waals surface area contributed by atoms with E-state index in [0.717, 1.165) is 11.3 Å². The largest absolute Gasteiger partial charge is 0.491 e. The van der Waals surface area contributed by atoms with Gasteiger partial charge >= 0.3 is 0 Å². The number of nitrogens with zero attached hydrogens (tertiary/aromatic N) is 4. The lowest BCUT2D eigenvalue weighted by Gasteiger charge is -2.12. The summed E-state index contributed by atoms with van der Waals surface area (Å²) in [7, 11) is 1.70. The lowest BCUT2D eigenvalue weighted by molar-refractivity contribution is 0.175. The van der Waals surface area contributed by atoms with Crippen LogP contribution in [0, 0.1) is 0 Å². The topological polar surface area (TPSA) is 73.1 Å². The highest BCUT2D eigenvalue weighted by Gasteiger charge is 2.12. The highest BCUT2D eigenvalue weighted by molar-refractivity contribution is 5.29. The number of hydrogen-bond donors (Lipinski definition) is 1. The minimum absolute atomic E-state index is 0.138. The predicted molar refractivity (Wildman–Crippen MR) is 69.7 cm³/mol. The summed E-state index contributed by atoms with van der Waals surface area (Å²) in [5.74, 6) is 1.32. The zero-order chi connectivity index (χ0) is 13.8. The Balaban J connectivity index is 2.01. The standard InChI is InChI=1S/C13H18N4O2/c1-9(2)19-11-6-4-10(5-7-11)12(18)8-13-14-16-17(3)15-13/h4-7,9,12,18H,8H2,1-3H3. The minimum atomic E-state index is -0.641. The van der Waals surface area contributed by atoms with Crippen molar-refractivity contribution in [3.05, 3.63) is 35.7 Å². The number of aromatic nitrogens is 4. The fourth-order valence-corrected chi connectivity index (χ4v) is 1.74. The van der Waals surface area contributed by atoms with Gasteiger partial charge in [-0.2, -0.15) is 4.80 Å². The third-order valence-corrected chi connectivity index (χ3v) is 2.56. The van der Waals surface area contributed by atoms with Gasteiger partial charge in [-0.05, 0) is 36.8 Å². The van der Waals surface area contributed by atoms with Crippen LogP contribution in [0.2, 0.25) is 0 Å². The maximum atomic E-state index is 10.1. The third kappa shape index (κ3) is 3.75. The molecule has 19 heavy (non-hydrogen) atoms. The fraction of sp³-hybridized carbons (Fsp3) is 0.462. The molecule has 6 nitrogen and oxygen atoms in total. The van der Waals surface area contributed by atoms with Crippen LogP contribution in [-0.2, 0) is 13.5 Å². The van der Waals surface area contributed by atoms with Crippen molar-refractivity contribution in [2.24, 2.45) is 7.05 Å². The van der Waals surface area contributed by atoms with Crippen LogP contribution >= 0.6 is 0 Å². The van der Waals surface area contributed by atoms with E-state index in [1.165, 1.54) is 4.80 Å². The molecule has 1 aromatic heterocycles. The molecular formula is C13H18N4O2. The van der Waals surface area contributed by atoms with Gasteiger partial charge in [0.05, 0.1) is 19.3 Å². The molecule has 0 aliphatic heterocycles. The molecule has 102 valence electrons. The Hall–Kier alpha value is -1.95. The Kier molecular flexibility index (Phi) is 4.11. The normalized spacial score (nSPS) is 12.7. The van der Waals surface area contributed by atoms with Crippen molar-refractivity contribution in [2.45, 2.75) is 32.5 Å². The number of tetrazole rings is 1. The van der Waals surface area contributed by atoms with Gasteiger partial charge < -0.3 is 9.84 Å². The molecule has 0 fully saturated rings. The first kappa shape index (κ1) is 13.5. The van der Waals surface area contributed by atoms with E-state index in [-0.39, 0.29) is 6.10 Å². The first-order chi connectivity index (χ1) is 9.04. The summed E-state index contributed by atoms with van der Waals surface area (Å²) in [5.41, 5.74) is 0.809. The summed E-state index contributed by atoms with van der Waals surface area (Å²) >= 11 is 0. The molecule has 0 aliphatic carbocycles. The lowest BCUT2D eigenvalue weighted by atomic mass is 10.1. The summed E-state index contributed by atoms with van der Waals surface area (Å²) in [4.78, 5) is 1.38. The maximum absolute atomic E-state index is 10.1. The van der Waals surface area contributed by atoms with Gasteiger partial charge in [-0.25, -0.2) is 0 Å². The van der Waals surface area contributed by atoms with Crippen molar-refractivity contribution in [3.63, 3.8) is 0 Å². The SMILES string of the molecule is CC(C)Oc1ccc(C(O)Cc2nnn(C)n2)cc1. The molecule has 0 aliphatic rings. The van der Waals surface area contributed by atoms with Gasteiger partial charge in [-0.15, -0.1) is 10.2 Å². The van der Waals surface area contributed by atoms with Gasteiger partial charge in [0.25, 0.3) is 0 Å². The average Bonchev–Trinajstić information content (AvgIpc) is 2.75. The summed E-state index contributed by atoms with van der Waals surface area (Å²) < 4.78 is 5.55. The van der Waals surface area contributed by atoms with Crippen LogP contribution < -0.4 is 4.74 Å². The minimum Gasteiger partial charge on any atom is -0.491 e. The molecule has 6 heteroatoms. The molecule has 2 aromatic rings. The number of aliphatic hydroxyl groups excluding tert-OH is 1. The summed E-state index contributed by atoms with van der Waals surface area (Å²) in [6, 6.07) is 7.39. The molecule has 0 radical (unpaired) electrons. The Bertz CT molecular complexity index is 522. The van der Waals surface area contributed by atoms with Gasteiger partial charge in [0.2, 0.25) is 0 Å². The van der Waals surface area contributed by atoms with Crippen LogP contribution in [0.5, 0.6) is 5.75 Å². The Labute approximate surface area is 112 Å². The molecule has 1 N–H and O–H groups in total. The number of hydrogen-bond acceptors (Lipinski definition) is 5. The first-order valence-corrected chi connectivity index (χ1v) is 6.22. The van der Waals surface area contributed by atoms with E-state index in [1.807, 2.05) is 38.1 Å². The van der Waals surface area contributed by atoms with Crippen LogP contribution in [0.15, 0.2) is 24.3 Å².